The van der Waals surface area contributed by atoms with E-state index in [0.717, 1.165) is 37.4 Å². The molecule has 0 aromatic heterocycles. The quantitative estimate of drug-likeness (QED) is 0.899. The van der Waals surface area contributed by atoms with E-state index in [4.69, 9.17) is 4.74 Å². The number of benzene rings is 1. The summed E-state index contributed by atoms with van der Waals surface area (Å²) in [5, 5.41) is 3.18. The third-order valence-electron chi connectivity index (χ3n) is 3.36. The lowest BCUT2D eigenvalue weighted by Gasteiger charge is -2.26. The lowest BCUT2D eigenvalue weighted by atomic mass is 10.1. The van der Waals surface area contributed by atoms with Gasteiger partial charge in [-0.3, -0.25) is 4.79 Å². The molecule has 0 atom stereocenters. The van der Waals surface area contributed by atoms with Crippen LogP contribution in [0.15, 0.2) is 24.3 Å². The summed E-state index contributed by atoms with van der Waals surface area (Å²) < 4.78 is 5.64. The second kappa shape index (κ2) is 7.17. The Bertz CT molecular complexity index is 440. The molecule has 1 saturated heterocycles. The van der Waals surface area contributed by atoms with Gasteiger partial charge in [-0.25, -0.2) is 0 Å². The monoisotopic (exact) mass is 276 g/mol. The van der Waals surface area contributed by atoms with Crippen LogP contribution in [0.1, 0.15) is 33.1 Å². The first-order valence-corrected chi connectivity index (χ1v) is 7.43. The number of nitrogens with one attached hydrogen (secondary N) is 1. The number of carbonyl (C=O) groups excluding carboxylic acids is 1. The molecule has 1 heterocycles. The Morgan fingerprint density at radius 2 is 2.05 bits per heavy atom. The summed E-state index contributed by atoms with van der Waals surface area (Å²) in [6.07, 6.45) is 3.65. The largest absolute Gasteiger partial charge is 0.491 e. The molecule has 1 aromatic rings. The highest BCUT2D eigenvalue weighted by molar-refractivity contribution is 5.81. The fourth-order valence-corrected chi connectivity index (χ4v) is 2.38. The predicted molar refractivity (Wildman–Crippen MR) is 81.1 cm³/mol. The van der Waals surface area contributed by atoms with E-state index >= 15 is 0 Å². The van der Waals surface area contributed by atoms with Crippen LogP contribution < -0.4 is 10.1 Å². The van der Waals surface area contributed by atoms with Crippen LogP contribution in [0, 0.1) is 0 Å². The van der Waals surface area contributed by atoms with Crippen LogP contribution in [-0.2, 0) is 4.79 Å². The average molecular weight is 276 g/mol. The van der Waals surface area contributed by atoms with Gasteiger partial charge in [0.15, 0.2) is 0 Å². The van der Waals surface area contributed by atoms with Gasteiger partial charge in [0.1, 0.15) is 5.75 Å². The van der Waals surface area contributed by atoms with Crippen LogP contribution in [0.3, 0.4) is 0 Å². The fraction of sp³-hybridized carbons (Fsp3) is 0.562. The Hall–Kier alpha value is -1.71. The Labute approximate surface area is 121 Å². The van der Waals surface area contributed by atoms with E-state index < -0.39 is 0 Å². The molecule has 1 N–H and O–H groups in total. The topological polar surface area (TPSA) is 41.6 Å². The first kappa shape index (κ1) is 14.7. The number of carbonyl (C=O) groups is 1. The van der Waals surface area contributed by atoms with Crippen molar-refractivity contribution in [3.8, 4) is 5.75 Å². The van der Waals surface area contributed by atoms with E-state index in [9.17, 15) is 4.79 Å². The molecule has 1 fully saturated rings. The lowest BCUT2D eigenvalue weighted by Crippen LogP contribution is -2.39. The first-order valence-electron chi connectivity index (χ1n) is 7.43. The van der Waals surface area contributed by atoms with Gasteiger partial charge >= 0.3 is 0 Å². The SMILES string of the molecule is CC(C)Oc1cccc(NCC(=O)N2CCCCC2)c1. The Morgan fingerprint density at radius 1 is 1.30 bits per heavy atom. The molecular formula is C16H24N2O2. The third kappa shape index (κ3) is 4.44. The summed E-state index contributed by atoms with van der Waals surface area (Å²) in [6, 6.07) is 7.75. The van der Waals surface area contributed by atoms with E-state index in [1.807, 2.05) is 43.0 Å². The van der Waals surface area contributed by atoms with Gasteiger partial charge in [-0.15, -0.1) is 0 Å². The molecule has 0 spiro atoms. The van der Waals surface area contributed by atoms with Crippen molar-refractivity contribution in [1.29, 1.82) is 0 Å². The number of rotatable bonds is 5. The molecule has 1 aliphatic rings. The predicted octanol–water partition coefficient (Wildman–Crippen LogP) is 2.90. The van der Waals surface area contributed by atoms with E-state index in [0.29, 0.717) is 6.54 Å². The van der Waals surface area contributed by atoms with Crippen molar-refractivity contribution < 1.29 is 9.53 Å². The Morgan fingerprint density at radius 3 is 2.75 bits per heavy atom. The molecule has 0 saturated carbocycles. The van der Waals surface area contributed by atoms with Crippen LogP contribution in [-0.4, -0.2) is 36.5 Å². The van der Waals surface area contributed by atoms with Gasteiger partial charge in [-0.1, -0.05) is 6.07 Å². The standard InChI is InChI=1S/C16H24N2O2/c1-13(2)20-15-8-6-7-14(11-15)17-12-16(19)18-9-4-3-5-10-18/h6-8,11,13,17H,3-5,9-10,12H2,1-2H3. The lowest BCUT2D eigenvalue weighted by molar-refractivity contribution is -0.130. The van der Waals surface area contributed by atoms with Gasteiger partial charge < -0.3 is 15.0 Å². The Kier molecular flexibility index (Phi) is 5.27. The molecule has 2 rings (SSSR count). The van der Waals surface area contributed by atoms with Crippen LogP contribution in [0.2, 0.25) is 0 Å². The van der Waals surface area contributed by atoms with Gasteiger partial charge in [-0.05, 0) is 45.2 Å². The van der Waals surface area contributed by atoms with Gasteiger partial charge in [0.2, 0.25) is 5.91 Å². The van der Waals surface area contributed by atoms with Crippen LogP contribution in [0.4, 0.5) is 5.69 Å². The second-order valence-electron chi connectivity index (χ2n) is 5.49. The highest BCUT2D eigenvalue weighted by Crippen LogP contribution is 2.18. The van der Waals surface area contributed by atoms with Gasteiger partial charge in [0, 0.05) is 24.8 Å². The van der Waals surface area contributed by atoms with Crippen molar-refractivity contribution in [3.05, 3.63) is 24.3 Å². The van der Waals surface area contributed by atoms with E-state index in [1.165, 1.54) is 6.42 Å². The Balaban J connectivity index is 1.85. The zero-order valence-electron chi connectivity index (χ0n) is 12.4. The van der Waals surface area contributed by atoms with Crippen LogP contribution >= 0.6 is 0 Å². The molecular weight excluding hydrogens is 252 g/mol. The molecule has 4 heteroatoms. The summed E-state index contributed by atoms with van der Waals surface area (Å²) in [4.78, 5) is 14.0. The number of hydrogen-bond acceptors (Lipinski definition) is 3. The highest BCUT2D eigenvalue weighted by Gasteiger charge is 2.15. The molecule has 20 heavy (non-hydrogen) atoms. The minimum Gasteiger partial charge on any atom is -0.491 e. The third-order valence-corrected chi connectivity index (χ3v) is 3.36. The number of amides is 1. The molecule has 4 nitrogen and oxygen atoms in total. The van der Waals surface area contributed by atoms with E-state index in [1.54, 1.807) is 0 Å². The van der Waals surface area contributed by atoms with E-state index in [-0.39, 0.29) is 12.0 Å². The first-order chi connectivity index (χ1) is 9.65. The van der Waals surface area contributed by atoms with Crippen molar-refractivity contribution >= 4 is 11.6 Å². The molecule has 0 bridgehead atoms. The smallest absolute Gasteiger partial charge is 0.241 e. The molecule has 0 aliphatic carbocycles. The maximum atomic E-state index is 12.1. The van der Waals surface area contributed by atoms with Crippen LogP contribution in [0.5, 0.6) is 5.75 Å². The minimum absolute atomic E-state index is 0.153. The maximum absolute atomic E-state index is 12.1. The van der Waals surface area contributed by atoms with Crippen LogP contribution in [0.25, 0.3) is 0 Å². The summed E-state index contributed by atoms with van der Waals surface area (Å²) >= 11 is 0. The minimum atomic E-state index is 0.153. The fourth-order valence-electron chi connectivity index (χ4n) is 2.38. The number of ether oxygens (including phenoxy) is 1. The van der Waals surface area contributed by atoms with Gasteiger partial charge in [0.25, 0.3) is 0 Å². The summed E-state index contributed by atoms with van der Waals surface area (Å²) in [7, 11) is 0. The molecule has 1 aromatic carbocycles. The van der Waals surface area contributed by atoms with Gasteiger partial charge in [-0.2, -0.15) is 0 Å². The normalized spacial score (nSPS) is 15.2. The molecule has 0 unspecified atom stereocenters. The van der Waals surface area contributed by atoms with Crippen molar-refractivity contribution in [2.24, 2.45) is 0 Å². The molecule has 0 radical (unpaired) electrons. The highest BCUT2D eigenvalue weighted by atomic mass is 16.5. The second-order valence-corrected chi connectivity index (χ2v) is 5.49. The van der Waals surface area contributed by atoms with Crippen molar-refractivity contribution in [2.45, 2.75) is 39.2 Å². The summed E-state index contributed by atoms with van der Waals surface area (Å²) in [6.45, 7) is 6.15. The average Bonchev–Trinajstić information content (AvgIpc) is 2.45. The summed E-state index contributed by atoms with van der Waals surface area (Å²) in [5.41, 5.74) is 0.925. The number of nitrogens with zero attached hydrogens (tertiary/aromatic N) is 1. The van der Waals surface area contributed by atoms with E-state index in [2.05, 4.69) is 5.32 Å². The molecule has 1 amide bonds. The zero-order chi connectivity index (χ0) is 14.4. The summed E-state index contributed by atoms with van der Waals surface area (Å²) in [5.74, 6) is 1.01. The van der Waals surface area contributed by atoms with Crippen molar-refractivity contribution in [2.75, 3.05) is 25.0 Å². The van der Waals surface area contributed by atoms with Crippen molar-refractivity contribution in [1.82, 2.24) is 4.90 Å². The zero-order valence-corrected chi connectivity index (χ0v) is 12.4. The maximum Gasteiger partial charge on any atom is 0.241 e. The molecule has 1 aliphatic heterocycles. The number of piperidine rings is 1. The van der Waals surface area contributed by atoms with Crippen molar-refractivity contribution in [3.63, 3.8) is 0 Å². The van der Waals surface area contributed by atoms with Gasteiger partial charge in [0.05, 0.1) is 12.6 Å². The number of likely N-dealkylation sites (tertiary alicyclic amines) is 1. The number of hydrogen-bond donors (Lipinski definition) is 1. The molecule has 110 valence electrons. The number of anilines is 1.